The van der Waals surface area contributed by atoms with Crippen molar-refractivity contribution in [2.45, 2.75) is 13.0 Å². The summed E-state index contributed by atoms with van der Waals surface area (Å²) in [5.41, 5.74) is 2.58. The van der Waals surface area contributed by atoms with Crippen molar-refractivity contribution in [3.8, 4) is 5.75 Å². The number of carbonyl (C=O) groups excluding carboxylic acids is 1. The molecule has 6 nitrogen and oxygen atoms in total. The number of ether oxygens (including phenoxy) is 1. The lowest BCUT2D eigenvalue weighted by Gasteiger charge is -2.22. The van der Waals surface area contributed by atoms with Crippen molar-refractivity contribution in [3.63, 3.8) is 0 Å². The fourth-order valence-electron chi connectivity index (χ4n) is 3.15. The van der Waals surface area contributed by atoms with Gasteiger partial charge in [-0.2, -0.15) is 0 Å². The maximum atomic E-state index is 13.1. The lowest BCUT2D eigenvalue weighted by molar-refractivity contribution is 0.0954. The fourth-order valence-corrected chi connectivity index (χ4v) is 4.04. The summed E-state index contributed by atoms with van der Waals surface area (Å²) >= 11 is 0. The highest BCUT2D eigenvalue weighted by Crippen LogP contribution is 2.21. The van der Waals surface area contributed by atoms with Crippen LogP contribution in [0.1, 0.15) is 21.5 Å². The molecule has 3 aromatic rings. The zero-order valence-electron chi connectivity index (χ0n) is 17.9. The van der Waals surface area contributed by atoms with E-state index in [1.54, 1.807) is 31.4 Å². The van der Waals surface area contributed by atoms with Crippen LogP contribution in [0.2, 0.25) is 0 Å². The second-order valence-corrected chi connectivity index (χ2v) is 9.20. The molecule has 0 aliphatic rings. The van der Waals surface area contributed by atoms with Gasteiger partial charge in [0.15, 0.2) is 0 Å². The molecule has 0 unspecified atom stereocenters. The highest BCUT2D eigenvalue weighted by Gasteiger charge is 2.18. The average Bonchev–Trinajstić information content (AvgIpc) is 2.78. The Kier molecular flexibility index (Phi) is 7.48. The Morgan fingerprint density at radius 2 is 1.53 bits per heavy atom. The Balaban J connectivity index is 1.63. The fraction of sp³-hybridized carbons (Fsp3) is 0.208. The highest BCUT2D eigenvalue weighted by atomic mass is 32.2. The highest BCUT2D eigenvalue weighted by molar-refractivity contribution is 7.92. The molecule has 0 aliphatic heterocycles. The molecule has 0 atom stereocenters. The lowest BCUT2D eigenvalue weighted by Crippen LogP contribution is -2.29. The van der Waals surface area contributed by atoms with Gasteiger partial charge in [-0.3, -0.25) is 9.10 Å². The number of rotatable bonds is 9. The molecule has 0 saturated heterocycles. The first-order valence-corrected chi connectivity index (χ1v) is 11.8. The number of amides is 1. The Bertz CT molecular complexity index is 1150. The van der Waals surface area contributed by atoms with Crippen LogP contribution in [0, 0.1) is 5.82 Å². The van der Waals surface area contributed by atoms with E-state index >= 15 is 0 Å². The zero-order chi connectivity index (χ0) is 23.1. The summed E-state index contributed by atoms with van der Waals surface area (Å²) in [6.07, 6.45) is 1.78. The summed E-state index contributed by atoms with van der Waals surface area (Å²) in [6, 6.07) is 19.6. The van der Waals surface area contributed by atoms with E-state index in [1.165, 1.54) is 28.6 Å². The number of hydrogen-bond acceptors (Lipinski definition) is 4. The van der Waals surface area contributed by atoms with Gasteiger partial charge in [-0.1, -0.05) is 24.3 Å². The third kappa shape index (κ3) is 6.31. The second kappa shape index (κ2) is 10.3. The first-order valence-electron chi connectivity index (χ1n) is 9.99. The van der Waals surface area contributed by atoms with Crippen molar-refractivity contribution in [2.75, 3.05) is 24.2 Å². The summed E-state index contributed by atoms with van der Waals surface area (Å²) < 4.78 is 44.1. The van der Waals surface area contributed by atoms with E-state index < -0.39 is 10.0 Å². The van der Waals surface area contributed by atoms with Crippen LogP contribution in [-0.2, 0) is 23.0 Å². The Morgan fingerprint density at radius 1 is 0.938 bits per heavy atom. The van der Waals surface area contributed by atoms with Gasteiger partial charge in [0.2, 0.25) is 10.0 Å². The number of hydrogen-bond donors (Lipinski definition) is 1. The van der Waals surface area contributed by atoms with Crippen molar-refractivity contribution in [1.29, 1.82) is 0 Å². The molecule has 0 aromatic heterocycles. The predicted molar refractivity (Wildman–Crippen MR) is 123 cm³/mol. The van der Waals surface area contributed by atoms with E-state index in [1.807, 2.05) is 24.3 Å². The van der Waals surface area contributed by atoms with Crippen molar-refractivity contribution < 1.29 is 22.3 Å². The largest absolute Gasteiger partial charge is 0.497 e. The van der Waals surface area contributed by atoms with Crippen LogP contribution < -0.4 is 14.4 Å². The van der Waals surface area contributed by atoms with Crippen LogP contribution in [0.3, 0.4) is 0 Å². The normalized spacial score (nSPS) is 11.1. The van der Waals surface area contributed by atoms with E-state index in [0.717, 1.165) is 17.6 Å². The zero-order valence-corrected chi connectivity index (χ0v) is 18.7. The van der Waals surface area contributed by atoms with Crippen LogP contribution in [0.4, 0.5) is 10.1 Å². The molecule has 168 valence electrons. The molecular weight excluding hydrogens is 431 g/mol. The van der Waals surface area contributed by atoms with E-state index in [0.29, 0.717) is 29.8 Å². The number of anilines is 1. The van der Waals surface area contributed by atoms with Crippen LogP contribution in [0.5, 0.6) is 5.75 Å². The van der Waals surface area contributed by atoms with Gasteiger partial charge in [0, 0.05) is 12.1 Å². The summed E-state index contributed by atoms with van der Waals surface area (Å²) in [4.78, 5) is 12.4. The number of halogens is 1. The van der Waals surface area contributed by atoms with Crippen LogP contribution in [0.25, 0.3) is 0 Å². The number of nitrogens with one attached hydrogen (secondary N) is 1. The maximum absolute atomic E-state index is 13.1. The van der Waals surface area contributed by atoms with Crippen molar-refractivity contribution in [3.05, 3.63) is 95.3 Å². The molecule has 3 aromatic carbocycles. The molecule has 1 N–H and O–H groups in total. The van der Waals surface area contributed by atoms with E-state index in [-0.39, 0.29) is 18.3 Å². The van der Waals surface area contributed by atoms with Gasteiger partial charge in [0.05, 0.1) is 25.6 Å². The minimum Gasteiger partial charge on any atom is -0.497 e. The first-order chi connectivity index (χ1) is 15.3. The standard InChI is InChI=1S/C24H25FN2O4S/c1-31-23-13-5-18(6-14-23)15-16-26-24(28)20-7-11-22(12-8-20)27(32(2,29)30)17-19-3-9-21(25)10-4-19/h3-14H,15-17H2,1-2H3,(H,26,28). The summed E-state index contributed by atoms with van der Waals surface area (Å²) in [5.74, 6) is 0.150. The Morgan fingerprint density at radius 3 is 2.09 bits per heavy atom. The molecule has 0 radical (unpaired) electrons. The molecule has 0 saturated carbocycles. The third-order valence-corrected chi connectivity index (χ3v) is 6.06. The topological polar surface area (TPSA) is 75.7 Å². The van der Waals surface area contributed by atoms with E-state index in [2.05, 4.69) is 5.32 Å². The van der Waals surface area contributed by atoms with Crippen LogP contribution in [-0.4, -0.2) is 34.2 Å². The molecular formula is C24H25FN2O4S. The molecule has 0 aliphatic carbocycles. The number of benzene rings is 3. The lowest BCUT2D eigenvalue weighted by atomic mass is 10.1. The molecule has 8 heteroatoms. The van der Waals surface area contributed by atoms with Crippen molar-refractivity contribution >= 4 is 21.6 Å². The number of sulfonamides is 1. The molecule has 0 fully saturated rings. The molecule has 0 heterocycles. The van der Waals surface area contributed by atoms with Gasteiger partial charge in [-0.15, -0.1) is 0 Å². The summed E-state index contributed by atoms with van der Waals surface area (Å²) in [5, 5.41) is 2.86. The second-order valence-electron chi connectivity index (χ2n) is 7.30. The van der Waals surface area contributed by atoms with Crippen molar-refractivity contribution in [1.82, 2.24) is 5.32 Å². The molecule has 0 bridgehead atoms. The molecule has 32 heavy (non-hydrogen) atoms. The maximum Gasteiger partial charge on any atom is 0.251 e. The Hall–Kier alpha value is -3.39. The molecule has 0 spiro atoms. The number of nitrogens with zero attached hydrogens (tertiary/aromatic N) is 1. The number of carbonyl (C=O) groups is 1. The van der Waals surface area contributed by atoms with E-state index in [4.69, 9.17) is 4.74 Å². The monoisotopic (exact) mass is 456 g/mol. The van der Waals surface area contributed by atoms with Gasteiger partial charge in [-0.05, 0) is 66.1 Å². The first kappa shape index (κ1) is 23.3. The van der Waals surface area contributed by atoms with Gasteiger partial charge in [-0.25, -0.2) is 12.8 Å². The van der Waals surface area contributed by atoms with Gasteiger partial charge >= 0.3 is 0 Å². The van der Waals surface area contributed by atoms with Gasteiger partial charge in [0.25, 0.3) is 5.91 Å². The summed E-state index contributed by atoms with van der Waals surface area (Å²) in [7, 11) is -1.97. The van der Waals surface area contributed by atoms with Gasteiger partial charge < -0.3 is 10.1 Å². The molecule has 1 amide bonds. The minimum atomic E-state index is -3.58. The van der Waals surface area contributed by atoms with Crippen LogP contribution >= 0.6 is 0 Å². The van der Waals surface area contributed by atoms with Gasteiger partial charge in [0.1, 0.15) is 11.6 Å². The quantitative estimate of drug-likeness (QED) is 0.532. The minimum absolute atomic E-state index is 0.0620. The SMILES string of the molecule is COc1ccc(CCNC(=O)c2ccc(N(Cc3ccc(F)cc3)S(C)(=O)=O)cc2)cc1. The summed E-state index contributed by atoms with van der Waals surface area (Å²) in [6.45, 7) is 0.527. The predicted octanol–water partition coefficient (Wildman–Crippen LogP) is 3.77. The Labute approximate surface area is 187 Å². The van der Waals surface area contributed by atoms with E-state index in [9.17, 15) is 17.6 Å². The van der Waals surface area contributed by atoms with Crippen LogP contribution in [0.15, 0.2) is 72.8 Å². The van der Waals surface area contributed by atoms with Crippen molar-refractivity contribution in [2.24, 2.45) is 0 Å². The smallest absolute Gasteiger partial charge is 0.251 e. The third-order valence-electron chi connectivity index (χ3n) is 4.92. The average molecular weight is 457 g/mol. The molecule has 3 rings (SSSR count). The number of methoxy groups -OCH3 is 1.